The first-order valence-corrected chi connectivity index (χ1v) is 7.00. The average molecular weight is 241 g/mol. The molecule has 0 amide bonds. The van der Waals surface area contributed by atoms with Gasteiger partial charge in [0.1, 0.15) is 0 Å². The Morgan fingerprint density at radius 2 is 2.41 bits per heavy atom. The van der Waals surface area contributed by atoms with Crippen LogP contribution >= 0.6 is 0 Å². The Morgan fingerprint density at radius 3 is 3.12 bits per heavy atom. The van der Waals surface area contributed by atoms with Crippen molar-refractivity contribution in [2.24, 2.45) is 0 Å². The Labute approximate surface area is 105 Å². The van der Waals surface area contributed by atoms with Gasteiger partial charge in [-0.3, -0.25) is 0 Å². The number of nitrogens with one attached hydrogen (secondary N) is 2. The Hall–Kier alpha value is -0.160. The van der Waals surface area contributed by atoms with Gasteiger partial charge in [0.05, 0.1) is 13.2 Å². The fraction of sp³-hybridized carbons (Fsp3) is 1.00. The monoisotopic (exact) mass is 241 g/mol. The summed E-state index contributed by atoms with van der Waals surface area (Å²) in [6, 6.07) is 1.78. The van der Waals surface area contributed by atoms with E-state index in [-0.39, 0.29) is 0 Å². The predicted molar refractivity (Wildman–Crippen MR) is 70.3 cm³/mol. The van der Waals surface area contributed by atoms with Gasteiger partial charge in [-0.05, 0) is 39.8 Å². The zero-order chi connectivity index (χ0) is 12.1. The molecule has 2 aliphatic rings. The van der Waals surface area contributed by atoms with Gasteiger partial charge in [-0.25, -0.2) is 0 Å². The molecule has 0 bridgehead atoms. The fourth-order valence-electron chi connectivity index (χ4n) is 2.97. The lowest BCUT2D eigenvalue weighted by atomic mass is 10.0. The zero-order valence-electron chi connectivity index (χ0n) is 11.2. The third-order valence-corrected chi connectivity index (χ3v) is 3.78. The van der Waals surface area contributed by atoms with Gasteiger partial charge in [-0.15, -0.1) is 0 Å². The molecule has 2 N–H and O–H groups in total. The summed E-state index contributed by atoms with van der Waals surface area (Å²) < 4.78 is 5.49. The highest BCUT2D eigenvalue weighted by Gasteiger charge is 2.21. The molecule has 0 spiro atoms. The van der Waals surface area contributed by atoms with Crippen LogP contribution in [0.1, 0.15) is 26.2 Å². The van der Waals surface area contributed by atoms with Crippen molar-refractivity contribution < 1.29 is 4.74 Å². The number of morpholine rings is 1. The Balaban J connectivity index is 1.66. The fourth-order valence-corrected chi connectivity index (χ4v) is 2.97. The molecule has 0 aliphatic carbocycles. The number of likely N-dealkylation sites (tertiary alicyclic amines) is 1. The molecular formula is C13H27N3O. The van der Waals surface area contributed by atoms with Gasteiger partial charge < -0.3 is 20.3 Å². The lowest BCUT2D eigenvalue weighted by Crippen LogP contribution is -2.50. The number of piperidine rings is 1. The molecule has 0 saturated carbocycles. The van der Waals surface area contributed by atoms with Crippen molar-refractivity contribution in [3.8, 4) is 0 Å². The molecule has 2 heterocycles. The molecule has 2 rings (SSSR count). The van der Waals surface area contributed by atoms with Crippen molar-refractivity contribution in [2.45, 2.75) is 44.3 Å². The highest BCUT2D eigenvalue weighted by atomic mass is 16.5. The smallest absolute Gasteiger partial charge is 0.0620 e. The van der Waals surface area contributed by atoms with Crippen LogP contribution in [0.15, 0.2) is 0 Å². The van der Waals surface area contributed by atoms with Crippen molar-refractivity contribution in [3.63, 3.8) is 0 Å². The molecule has 0 aromatic rings. The highest BCUT2D eigenvalue weighted by molar-refractivity contribution is 4.82. The average Bonchev–Trinajstić information content (AvgIpc) is 2.30. The summed E-state index contributed by atoms with van der Waals surface area (Å²) in [5.41, 5.74) is 0. The van der Waals surface area contributed by atoms with Gasteiger partial charge >= 0.3 is 0 Å². The zero-order valence-corrected chi connectivity index (χ0v) is 11.2. The molecule has 0 aromatic heterocycles. The van der Waals surface area contributed by atoms with Crippen molar-refractivity contribution in [3.05, 3.63) is 0 Å². The van der Waals surface area contributed by atoms with E-state index >= 15 is 0 Å². The molecule has 2 fully saturated rings. The summed E-state index contributed by atoms with van der Waals surface area (Å²) in [5, 5.41) is 7.28. The SMILES string of the molecule is CC(CC1COCCN1)NC1CCCN(C)C1. The lowest BCUT2D eigenvalue weighted by Gasteiger charge is -2.34. The summed E-state index contributed by atoms with van der Waals surface area (Å²) in [6.45, 7) is 7.49. The van der Waals surface area contributed by atoms with Crippen LogP contribution in [0.4, 0.5) is 0 Å². The standard InChI is InChI=1S/C13H27N3O/c1-11(8-13-10-17-7-5-14-13)15-12-4-3-6-16(2)9-12/h11-15H,3-10H2,1-2H3. The van der Waals surface area contributed by atoms with E-state index in [1.54, 1.807) is 0 Å². The van der Waals surface area contributed by atoms with Crippen molar-refractivity contribution in [2.75, 3.05) is 39.9 Å². The molecular weight excluding hydrogens is 214 g/mol. The number of rotatable bonds is 4. The maximum atomic E-state index is 5.49. The van der Waals surface area contributed by atoms with Crippen LogP contribution in [-0.4, -0.2) is 62.9 Å². The van der Waals surface area contributed by atoms with Gasteiger partial charge in [-0.2, -0.15) is 0 Å². The van der Waals surface area contributed by atoms with E-state index in [0.29, 0.717) is 18.1 Å². The third-order valence-electron chi connectivity index (χ3n) is 3.78. The topological polar surface area (TPSA) is 36.5 Å². The van der Waals surface area contributed by atoms with Crippen LogP contribution in [0.2, 0.25) is 0 Å². The number of hydrogen-bond donors (Lipinski definition) is 2. The maximum Gasteiger partial charge on any atom is 0.0620 e. The van der Waals surface area contributed by atoms with Gasteiger partial charge in [0.25, 0.3) is 0 Å². The molecule has 100 valence electrons. The van der Waals surface area contributed by atoms with Crippen LogP contribution in [0.3, 0.4) is 0 Å². The van der Waals surface area contributed by atoms with E-state index < -0.39 is 0 Å². The van der Waals surface area contributed by atoms with Crippen LogP contribution in [-0.2, 0) is 4.74 Å². The quantitative estimate of drug-likeness (QED) is 0.749. The summed E-state index contributed by atoms with van der Waals surface area (Å²) >= 11 is 0. The molecule has 3 unspecified atom stereocenters. The molecule has 2 saturated heterocycles. The first kappa shape index (κ1) is 13.3. The van der Waals surface area contributed by atoms with E-state index in [1.807, 2.05) is 0 Å². The second-order valence-corrected chi connectivity index (χ2v) is 5.63. The van der Waals surface area contributed by atoms with Crippen LogP contribution in [0, 0.1) is 0 Å². The van der Waals surface area contributed by atoms with Crippen molar-refractivity contribution >= 4 is 0 Å². The maximum absolute atomic E-state index is 5.49. The van der Waals surface area contributed by atoms with E-state index in [9.17, 15) is 0 Å². The van der Waals surface area contributed by atoms with Gasteiger partial charge in [0.2, 0.25) is 0 Å². The van der Waals surface area contributed by atoms with Crippen LogP contribution in [0.25, 0.3) is 0 Å². The molecule has 0 radical (unpaired) electrons. The molecule has 2 aliphatic heterocycles. The normalized spacial score (nSPS) is 33.5. The number of nitrogens with zero attached hydrogens (tertiary/aromatic N) is 1. The number of ether oxygens (including phenoxy) is 1. The molecule has 0 aromatic carbocycles. The number of likely N-dealkylation sites (N-methyl/N-ethyl adjacent to an activating group) is 1. The highest BCUT2D eigenvalue weighted by Crippen LogP contribution is 2.10. The van der Waals surface area contributed by atoms with E-state index in [2.05, 4.69) is 29.5 Å². The minimum absolute atomic E-state index is 0.535. The van der Waals surface area contributed by atoms with Gasteiger partial charge in [0.15, 0.2) is 0 Å². The first-order valence-electron chi connectivity index (χ1n) is 7.00. The Kier molecular flexibility index (Phi) is 5.22. The summed E-state index contributed by atoms with van der Waals surface area (Å²) in [6.07, 6.45) is 3.81. The number of hydrogen-bond acceptors (Lipinski definition) is 4. The van der Waals surface area contributed by atoms with Crippen LogP contribution in [0.5, 0.6) is 0 Å². The second kappa shape index (κ2) is 6.69. The van der Waals surface area contributed by atoms with E-state index in [1.165, 1.54) is 32.4 Å². The van der Waals surface area contributed by atoms with Crippen molar-refractivity contribution in [1.82, 2.24) is 15.5 Å². The molecule has 4 heteroatoms. The Morgan fingerprint density at radius 1 is 1.53 bits per heavy atom. The largest absolute Gasteiger partial charge is 0.379 e. The van der Waals surface area contributed by atoms with E-state index in [4.69, 9.17) is 4.74 Å². The lowest BCUT2D eigenvalue weighted by molar-refractivity contribution is 0.0701. The first-order chi connectivity index (χ1) is 8.24. The van der Waals surface area contributed by atoms with Gasteiger partial charge in [0, 0.05) is 31.2 Å². The van der Waals surface area contributed by atoms with E-state index in [0.717, 1.165) is 19.8 Å². The molecule has 4 nitrogen and oxygen atoms in total. The van der Waals surface area contributed by atoms with Crippen molar-refractivity contribution in [1.29, 1.82) is 0 Å². The minimum Gasteiger partial charge on any atom is -0.379 e. The summed E-state index contributed by atoms with van der Waals surface area (Å²) in [4.78, 5) is 2.43. The van der Waals surface area contributed by atoms with Gasteiger partial charge in [-0.1, -0.05) is 0 Å². The Bertz CT molecular complexity index is 219. The summed E-state index contributed by atoms with van der Waals surface area (Å²) in [7, 11) is 2.22. The predicted octanol–water partition coefficient (Wildman–Crippen LogP) is 0.437. The third kappa shape index (κ3) is 4.54. The molecule has 17 heavy (non-hydrogen) atoms. The molecule has 3 atom stereocenters. The van der Waals surface area contributed by atoms with Crippen LogP contribution < -0.4 is 10.6 Å². The minimum atomic E-state index is 0.535. The summed E-state index contributed by atoms with van der Waals surface area (Å²) in [5.74, 6) is 0. The second-order valence-electron chi connectivity index (χ2n) is 5.63.